The standard InChI is InChI=1S/C22H16Cl2N2O/c1-14(15-8-3-2-4-9-15)26-19(20(23)25-21(24)22(26)27)18-13-7-11-16-10-5-6-12-17(16)18/h2-14H,1H3/t14-/m1/s1. The van der Waals surface area contributed by atoms with E-state index in [1.54, 1.807) is 4.57 Å². The summed E-state index contributed by atoms with van der Waals surface area (Å²) in [5.41, 5.74) is 2.04. The van der Waals surface area contributed by atoms with Crippen molar-refractivity contribution in [1.29, 1.82) is 0 Å². The lowest BCUT2D eigenvalue weighted by Gasteiger charge is -2.22. The van der Waals surface area contributed by atoms with Crippen molar-refractivity contribution in [3.63, 3.8) is 0 Å². The van der Waals surface area contributed by atoms with E-state index in [4.69, 9.17) is 23.2 Å². The minimum atomic E-state index is -0.361. The van der Waals surface area contributed by atoms with Crippen LogP contribution in [0.5, 0.6) is 0 Å². The zero-order valence-electron chi connectivity index (χ0n) is 14.6. The molecule has 0 aliphatic rings. The van der Waals surface area contributed by atoms with Crippen molar-refractivity contribution < 1.29 is 0 Å². The molecule has 0 aliphatic heterocycles. The van der Waals surface area contributed by atoms with Gasteiger partial charge in [-0.25, -0.2) is 4.98 Å². The maximum atomic E-state index is 13.0. The average Bonchev–Trinajstić information content (AvgIpc) is 2.70. The third-order valence-electron chi connectivity index (χ3n) is 4.74. The van der Waals surface area contributed by atoms with Crippen LogP contribution in [0.2, 0.25) is 10.3 Å². The van der Waals surface area contributed by atoms with Gasteiger partial charge in [0.15, 0.2) is 10.3 Å². The van der Waals surface area contributed by atoms with Crippen molar-refractivity contribution in [2.24, 2.45) is 0 Å². The Bertz CT molecular complexity index is 1180. The summed E-state index contributed by atoms with van der Waals surface area (Å²) >= 11 is 12.6. The Kier molecular flexibility index (Phi) is 4.73. The SMILES string of the molecule is C[C@H](c1ccccc1)n1c(-c2cccc3ccccc23)c(Cl)nc(Cl)c1=O. The van der Waals surface area contributed by atoms with Crippen LogP contribution in [-0.4, -0.2) is 9.55 Å². The fourth-order valence-corrected chi connectivity index (χ4v) is 3.91. The first-order chi connectivity index (χ1) is 13.1. The number of fused-ring (bicyclic) bond motifs is 1. The molecule has 0 fully saturated rings. The van der Waals surface area contributed by atoms with E-state index in [0.29, 0.717) is 5.69 Å². The fraction of sp³-hybridized carbons (Fsp3) is 0.0909. The van der Waals surface area contributed by atoms with Gasteiger partial charge in [-0.15, -0.1) is 0 Å². The van der Waals surface area contributed by atoms with Crippen molar-refractivity contribution in [2.45, 2.75) is 13.0 Å². The van der Waals surface area contributed by atoms with Crippen molar-refractivity contribution in [1.82, 2.24) is 9.55 Å². The highest BCUT2D eigenvalue weighted by Gasteiger charge is 2.22. The van der Waals surface area contributed by atoms with Gasteiger partial charge in [-0.2, -0.15) is 0 Å². The number of aromatic nitrogens is 2. The van der Waals surface area contributed by atoms with E-state index in [9.17, 15) is 4.79 Å². The molecule has 0 aliphatic carbocycles. The second kappa shape index (κ2) is 7.18. The van der Waals surface area contributed by atoms with Crippen LogP contribution in [0.3, 0.4) is 0 Å². The van der Waals surface area contributed by atoms with Crippen LogP contribution in [0.1, 0.15) is 18.5 Å². The summed E-state index contributed by atoms with van der Waals surface area (Å²) in [6, 6.07) is 23.4. The van der Waals surface area contributed by atoms with Gasteiger partial charge in [0.25, 0.3) is 5.56 Å². The van der Waals surface area contributed by atoms with Crippen molar-refractivity contribution >= 4 is 34.0 Å². The maximum absolute atomic E-state index is 13.0. The molecule has 0 N–H and O–H groups in total. The average molecular weight is 395 g/mol. The Hall–Kier alpha value is -2.62. The first-order valence-corrected chi connectivity index (χ1v) is 9.34. The molecule has 1 heterocycles. The summed E-state index contributed by atoms with van der Waals surface area (Å²) < 4.78 is 1.63. The van der Waals surface area contributed by atoms with E-state index in [-0.39, 0.29) is 21.9 Å². The molecule has 27 heavy (non-hydrogen) atoms. The van der Waals surface area contributed by atoms with Gasteiger partial charge in [0.1, 0.15) is 0 Å². The molecule has 0 bridgehead atoms. The van der Waals surface area contributed by atoms with Gasteiger partial charge in [0.2, 0.25) is 0 Å². The molecule has 0 amide bonds. The molecule has 134 valence electrons. The monoisotopic (exact) mass is 394 g/mol. The molecule has 3 nitrogen and oxygen atoms in total. The lowest BCUT2D eigenvalue weighted by Crippen LogP contribution is -2.27. The lowest BCUT2D eigenvalue weighted by atomic mass is 10.0. The molecule has 1 atom stereocenters. The molecular weight excluding hydrogens is 379 g/mol. The summed E-state index contributed by atoms with van der Waals surface area (Å²) in [6.45, 7) is 1.96. The van der Waals surface area contributed by atoms with Crippen LogP contribution in [-0.2, 0) is 0 Å². The minimum absolute atomic E-state index is 0.133. The lowest BCUT2D eigenvalue weighted by molar-refractivity contribution is 0.617. The molecule has 0 spiro atoms. The van der Waals surface area contributed by atoms with Gasteiger partial charge in [-0.3, -0.25) is 9.36 Å². The summed E-state index contributed by atoms with van der Waals surface area (Å²) in [4.78, 5) is 17.1. The van der Waals surface area contributed by atoms with Gasteiger partial charge >= 0.3 is 0 Å². The minimum Gasteiger partial charge on any atom is -0.295 e. The van der Waals surface area contributed by atoms with Crippen LogP contribution in [0.25, 0.3) is 22.0 Å². The quantitative estimate of drug-likeness (QED) is 0.428. The van der Waals surface area contributed by atoms with Crippen molar-refractivity contribution in [3.8, 4) is 11.3 Å². The molecule has 0 saturated carbocycles. The number of benzene rings is 3. The van der Waals surface area contributed by atoms with Gasteiger partial charge in [0, 0.05) is 5.56 Å². The summed E-state index contributed by atoms with van der Waals surface area (Å²) in [5.74, 6) is 0. The molecule has 0 radical (unpaired) electrons. The van der Waals surface area contributed by atoms with Crippen molar-refractivity contribution in [2.75, 3.05) is 0 Å². The van der Waals surface area contributed by atoms with E-state index in [0.717, 1.165) is 21.9 Å². The predicted octanol–water partition coefficient (Wildman–Crippen LogP) is 5.98. The molecule has 1 aromatic heterocycles. The molecule has 4 rings (SSSR count). The van der Waals surface area contributed by atoms with Gasteiger partial charge < -0.3 is 0 Å². The van der Waals surface area contributed by atoms with Crippen LogP contribution < -0.4 is 5.56 Å². The summed E-state index contributed by atoms with van der Waals surface area (Å²) in [5, 5.41) is 2.14. The summed E-state index contributed by atoms with van der Waals surface area (Å²) in [7, 11) is 0. The van der Waals surface area contributed by atoms with Gasteiger partial charge in [-0.1, -0.05) is 96.0 Å². The molecule has 3 aromatic carbocycles. The van der Waals surface area contributed by atoms with Crippen LogP contribution in [0, 0.1) is 0 Å². The topological polar surface area (TPSA) is 34.9 Å². The molecule has 0 unspecified atom stereocenters. The molecular formula is C22H16Cl2N2O. The Balaban J connectivity index is 2.07. The predicted molar refractivity (Wildman–Crippen MR) is 112 cm³/mol. The zero-order valence-corrected chi connectivity index (χ0v) is 16.1. The highest BCUT2D eigenvalue weighted by atomic mass is 35.5. The smallest absolute Gasteiger partial charge is 0.289 e. The van der Waals surface area contributed by atoms with E-state index in [1.165, 1.54) is 0 Å². The molecule has 0 saturated heterocycles. The van der Waals surface area contributed by atoms with E-state index >= 15 is 0 Å². The van der Waals surface area contributed by atoms with Gasteiger partial charge in [0.05, 0.1) is 11.7 Å². The third-order valence-corrected chi connectivity index (χ3v) is 5.25. The van der Waals surface area contributed by atoms with Crippen molar-refractivity contribution in [3.05, 3.63) is 99.0 Å². The number of hydrogen-bond acceptors (Lipinski definition) is 2. The Morgan fingerprint density at radius 3 is 2.30 bits per heavy atom. The second-order valence-electron chi connectivity index (χ2n) is 6.33. The highest BCUT2D eigenvalue weighted by Crippen LogP contribution is 2.35. The number of rotatable bonds is 3. The second-order valence-corrected chi connectivity index (χ2v) is 7.05. The van der Waals surface area contributed by atoms with Crippen LogP contribution >= 0.6 is 23.2 Å². The zero-order chi connectivity index (χ0) is 19.0. The van der Waals surface area contributed by atoms with Crippen LogP contribution in [0.15, 0.2) is 77.6 Å². The van der Waals surface area contributed by atoms with Gasteiger partial charge in [-0.05, 0) is 23.3 Å². The first-order valence-electron chi connectivity index (χ1n) is 8.58. The fourth-order valence-electron chi connectivity index (χ4n) is 3.41. The van der Waals surface area contributed by atoms with E-state index in [1.807, 2.05) is 79.7 Å². The Labute approximate surface area is 166 Å². The first kappa shape index (κ1) is 17.8. The van der Waals surface area contributed by atoms with Crippen LogP contribution in [0.4, 0.5) is 0 Å². The Morgan fingerprint density at radius 2 is 1.52 bits per heavy atom. The number of nitrogens with zero attached hydrogens (tertiary/aromatic N) is 2. The molecule has 5 heteroatoms. The highest BCUT2D eigenvalue weighted by molar-refractivity contribution is 6.34. The third kappa shape index (κ3) is 3.14. The Morgan fingerprint density at radius 1 is 0.852 bits per heavy atom. The number of hydrogen-bond donors (Lipinski definition) is 0. The largest absolute Gasteiger partial charge is 0.295 e. The normalized spacial score (nSPS) is 12.3. The van der Waals surface area contributed by atoms with E-state index in [2.05, 4.69) is 4.98 Å². The molecule has 4 aromatic rings. The maximum Gasteiger partial charge on any atom is 0.289 e. The number of halogens is 2. The van der Waals surface area contributed by atoms with E-state index < -0.39 is 0 Å². The summed E-state index contributed by atoms with van der Waals surface area (Å²) in [6.07, 6.45) is 0.